The molecule has 2 atom stereocenters. The van der Waals surface area contributed by atoms with E-state index in [1.54, 1.807) is 5.56 Å². The van der Waals surface area contributed by atoms with E-state index in [4.69, 9.17) is 0 Å². The number of pyridine rings is 1. The Morgan fingerprint density at radius 1 is 1.00 bits per heavy atom. The average molecular weight is 326 g/mol. The minimum atomic E-state index is 0.338. The van der Waals surface area contributed by atoms with E-state index in [0.717, 1.165) is 0 Å². The van der Waals surface area contributed by atoms with Gasteiger partial charge in [-0.15, -0.1) is 0 Å². The first kappa shape index (κ1) is 14.1. The molecule has 3 aliphatic rings. The van der Waals surface area contributed by atoms with Crippen LogP contribution in [-0.4, -0.2) is 0 Å². The van der Waals surface area contributed by atoms with Crippen LogP contribution >= 0.6 is 0 Å². The second-order valence-electron chi connectivity index (χ2n) is 8.56. The zero-order valence-electron chi connectivity index (χ0n) is 15.1. The standard InChI is InChI=1S/C24H24N/c1-15-11-16(2)23-19(12-15)21-9-8-18-7-6-17-5-3-4-10-24(14-20(23)24)25(21)22(18)13-17/h6-9,11-13,20H,3-5,10,14H2,1-2H3/q+1. The molecule has 1 spiro atoms. The van der Waals surface area contributed by atoms with Crippen molar-refractivity contribution in [1.82, 2.24) is 0 Å². The van der Waals surface area contributed by atoms with E-state index in [-0.39, 0.29) is 0 Å². The van der Waals surface area contributed by atoms with Gasteiger partial charge in [0, 0.05) is 30.4 Å². The average Bonchev–Trinajstić information content (AvgIpc) is 3.31. The van der Waals surface area contributed by atoms with E-state index in [1.807, 2.05) is 0 Å². The highest BCUT2D eigenvalue weighted by molar-refractivity contribution is 5.80. The number of fused-ring (bicyclic) bond motifs is 4. The largest absolute Gasteiger partial charge is 0.213 e. The van der Waals surface area contributed by atoms with Crippen LogP contribution in [-0.2, 0) is 12.0 Å². The summed E-state index contributed by atoms with van der Waals surface area (Å²) in [6, 6.07) is 16.7. The Morgan fingerprint density at radius 3 is 2.80 bits per heavy atom. The molecule has 0 radical (unpaired) electrons. The smallest absolute Gasteiger partial charge is 0.185 e. The van der Waals surface area contributed by atoms with Crippen LogP contribution in [0.25, 0.3) is 22.2 Å². The molecule has 1 fully saturated rings. The van der Waals surface area contributed by atoms with Crippen LogP contribution in [0.1, 0.15) is 53.9 Å². The predicted molar refractivity (Wildman–Crippen MR) is 102 cm³/mol. The second kappa shape index (κ2) is 4.52. The molecule has 1 heteroatoms. The molecule has 3 aromatic rings. The Labute approximate surface area is 149 Å². The molecule has 0 amide bonds. The minimum Gasteiger partial charge on any atom is -0.185 e. The third-order valence-electron chi connectivity index (χ3n) is 6.97. The van der Waals surface area contributed by atoms with Crippen molar-refractivity contribution >= 4 is 10.9 Å². The number of benzene rings is 2. The van der Waals surface area contributed by atoms with Crippen LogP contribution in [0.3, 0.4) is 0 Å². The molecule has 1 saturated carbocycles. The molecule has 3 heterocycles. The van der Waals surface area contributed by atoms with Gasteiger partial charge >= 0.3 is 0 Å². The van der Waals surface area contributed by atoms with E-state index in [1.165, 1.54) is 71.0 Å². The first-order valence-electron chi connectivity index (χ1n) is 9.77. The SMILES string of the molecule is Cc1cc(C)c2c(c1)-c1ccc3ccc4cc3[n+]1C1(CCCC4)CC21. The summed E-state index contributed by atoms with van der Waals surface area (Å²) in [7, 11) is 0. The number of aromatic nitrogens is 1. The van der Waals surface area contributed by atoms with Crippen molar-refractivity contribution in [3.63, 3.8) is 0 Å². The first-order chi connectivity index (χ1) is 12.2. The van der Waals surface area contributed by atoms with Gasteiger partial charge in [0.25, 0.3) is 0 Å². The third kappa shape index (κ3) is 1.72. The Bertz CT molecular complexity index is 1060. The predicted octanol–water partition coefficient (Wildman–Crippen LogP) is 5.33. The maximum absolute atomic E-state index is 2.75. The fourth-order valence-corrected chi connectivity index (χ4v) is 5.86. The van der Waals surface area contributed by atoms with Crippen molar-refractivity contribution in [2.75, 3.05) is 0 Å². The lowest BCUT2D eigenvalue weighted by atomic mass is 9.86. The lowest BCUT2D eigenvalue weighted by molar-refractivity contribution is -0.709. The molecule has 2 aliphatic heterocycles. The Balaban J connectivity index is 1.78. The number of nitrogens with zero attached hydrogens (tertiary/aromatic N) is 1. The van der Waals surface area contributed by atoms with Gasteiger partial charge in [0.1, 0.15) is 0 Å². The van der Waals surface area contributed by atoms with Gasteiger partial charge in [-0.2, -0.15) is 4.57 Å². The third-order valence-corrected chi connectivity index (χ3v) is 6.97. The van der Waals surface area contributed by atoms with Crippen molar-refractivity contribution in [3.8, 4) is 11.3 Å². The topological polar surface area (TPSA) is 3.88 Å². The molecule has 0 N–H and O–H groups in total. The molecule has 0 saturated heterocycles. The van der Waals surface area contributed by atoms with E-state index in [0.29, 0.717) is 11.5 Å². The molecule has 2 unspecified atom stereocenters. The summed E-state index contributed by atoms with van der Waals surface area (Å²) in [6.45, 7) is 4.56. The van der Waals surface area contributed by atoms with Gasteiger partial charge in [0.2, 0.25) is 11.2 Å². The van der Waals surface area contributed by atoms with Crippen LogP contribution in [0.4, 0.5) is 0 Å². The highest BCUT2D eigenvalue weighted by Crippen LogP contribution is 2.62. The molecular formula is C24H24N+. The molecule has 1 aromatic heterocycles. The first-order valence-corrected chi connectivity index (χ1v) is 9.77. The van der Waals surface area contributed by atoms with E-state index in [2.05, 4.69) is 60.9 Å². The van der Waals surface area contributed by atoms with Crippen molar-refractivity contribution in [3.05, 3.63) is 64.7 Å². The van der Waals surface area contributed by atoms with Gasteiger partial charge in [0.15, 0.2) is 5.54 Å². The van der Waals surface area contributed by atoms with Crippen molar-refractivity contribution in [2.45, 2.75) is 57.4 Å². The lowest BCUT2D eigenvalue weighted by Crippen LogP contribution is -2.52. The highest BCUT2D eigenvalue weighted by atomic mass is 15.1. The van der Waals surface area contributed by atoms with Gasteiger partial charge < -0.3 is 0 Å². The quantitative estimate of drug-likeness (QED) is 0.491. The van der Waals surface area contributed by atoms with Crippen LogP contribution in [0.5, 0.6) is 0 Å². The van der Waals surface area contributed by atoms with Gasteiger partial charge in [0.05, 0.1) is 11.5 Å². The van der Waals surface area contributed by atoms with Gasteiger partial charge in [-0.1, -0.05) is 17.7 Å². The van der Waals surface area contributed by atoms with Crippen molar-refractivity contribution < 1.29 is 4.57 Å². The van der Waals surface area contributed by atoms with Gasteiger partial charge in [-0.05, 0) is 68.0 Å². The summed E-state index contributed by atoms with van der Waals surface area (Å²) in [5, 5.41) is 1.40. The van der Waals surface area contributed by atoms with Gasteiger partial charge in [-0.3, -0.25) is 0 Å². The molecule has 1 nitrogen and oxygen atoms in total. The summed E-state index contributed by atoms with van der Waals surface area (Å²) in [5.74, 6) is 0.716. The Morgan fingerprint density at radius 2 is 1.88 bits per heavy atom. The summed E-state index contributed by atoms with van der Waals surface area (Å²) < 4.78 is 2.75. The molecule has 2 bridgehead atoms. The molecule has 6 rings (SSSR count). The maximum atomic E-state index is 2.75. The number of hydrogen-bond acceptors (Lipinski definition) is 0. The van der Waals surface area contributed by atoms with Gasteiger partial charge in [-0.25, -0.2) is 0 Å². The maximum Gasteiger partial charge on any atom is 0.213 e. The Kier molecular flexibility index (Phi) is 2.54. The summed E-state index contributed by atoms with van der Waals surface area (Å²) >= 11 is 0. The van der Waals surface area contributed by atoms with Crippen LogP contribution in [0, 0.1) is 13.8 Å². The number of rotatable bonds is 0. The van der Waals surface area contributed by atoms with E-state index < -0.39 is 0 Å². The second-order valence-corrected chi connectivity index (χ2v) is 8.56. The van der Waals surface area contributed by atoms with E-state index in [9.17, 15) is 0 Å². The fourth-order valence-electron chi connectivity index (χ4n) is 5.86. The summed E-state index contributed by atoms with van der Waals surface area (Å²) in [6.07, 6.45) is 6.55. The van der Waals surface area contributed by atoms with Crippen LogP contribution in [0.15, 0.2) is 42.5 Å². The highest BCUT2D eigenvalue weighted by Gasteiger charge is 2.67. The zero-order valence-corrected chi connectivity index (χ0v) is 15.1. The monoisotopic (exact) mass is 326 g/mol. The summed E-state index contributed by atoms with van der Waals surface area (Å²) in [4.78, 5) is 0. The zero-order chi connectivity index (χ0) is 16.8. The van der Waals surface area contributed by atoms with E-state index >= 15 is 0 Å². The molecule has 2 aromatic carbocycles. The number of aryl methyl sites for hydroxylation is 3. The lowest BCUT2D eigenvalue weighted by Gasteiger charge is -2.25. The molecule has 25 heavy (non-hydrogen) atoms. The summed E-state index contributed by atoms with van der Waals surface area (Å²) in [5.41, 5.74) is 10.8. The van der Waals surface area contributed by atoms with Crippen molar-refractivity contribution in [1.29, 1.82) is 0 Å². The van der Waals surface area contributed by atoms with Crippen molar-refractivity contribution in [2.24, 2.45) is 0 Å². The normalized spacial score (nSPS) is 25.8. The molecular weight excluding hydrogens is 302 g/mol. The fraction of sp³-hybridized carbons (Fsp3) is 0.375. The number of hydrogen-bond donors (Lipinski definition) is 0. The molecule has 124 valence electrons. The molecule has 1 aliphatic carbocycles. The van der Waals surface area contributed by atoms with Crippen LogP contribution in [0.2, 0.25) is 0 Å². The Hall–Kier alpha value is -2.15. The minimum absolute atomic E-state index is 0.338. The van der Waals surface area contributed by atoms with Crippen LogP contribution < -0.4 is 4.57 Å².